The highest BCUT2D eigenvalue weighted by Crippen LogP contribution is 2.32. The smallest absolute Gasteiger partial charge is 0.260 e. The number of benzene rings is 2. The number of fused-ring (bicyclic) bond motifs is 1. The number of rotatable bonds is 9. The Morgan fingerprint density at radius 3 is 2.27 bits per heavy atom. The van der Waals surface area contributed by atoms with E-state index in [1.54, 1.807) is 33.5 Å². The summed E-state index contributed by atoms with van der Waals surface area (Å²) in [5.74, 6) is 0.375. The number of piperidine rings is 1. The maximum atomic E-state index is 13.8. The van der Waals surface area contributed by atoms with Crippen LogP contribution in [0.5, 0.6) is 0 Å². The van der Waals surface area contributed by atoms with Crippen molar-refractivity contribution in [1.29, 1.82) is 0 Å². The van der Waals surface area contributed by atoms with Crippen molar-refractivity contribution in [3.8, 4) is 0 Å². The molecule has 37 heavy (non-hydrogen) atoms. The number of aromatic nitrogens is 1. The lowest BCUT2D eigenvalue weighted by Crippen LogP contribution is -2.39. The molecular formula is C28H38N4O3S2. The van der Waals surface area contributed by atoms with Gasteiger partial charge in [-0.1, -0.05) is 32.1 Å². The van der Waals surface area contributed by atoms with Crippen molar-refractivity contribution in [3.05, 3.63) is 53.1 Å². The molecule has 2 aromatic carbocycles. The van der Waals surface area contributed by atoms with E-state index in [9.17, 15) is 13.2 Å². The van der Waals surface area contributed by atoms with E-state index in [1.165, 1.54) is 22.5 Å². The zero-order valence-corrected chi connectivity index (χ0v) is 24.2. The fourth-order valence-electron chi connectivity index (χ4n) is 4.65. The Morgan fingerprint density at radius 2 is 1.65 bits per heavy atom. The van der Waals surface area contributed by atoms with E-state index >= 15 is 0 Å². The van der Waals surface area contributed by atoms with Crippen LogP contribution in [0.25, 0.3) is 10.2 Å². The zero-order valence-electron chi connectivity index (χ0n) is 22.5. The lowest BCUT2D eigenvalue weighted by Gasteiger charge is -2.29. The molecule has 1 saturated heterocycles. The SMILES string of the molecule is CCN(CC)CCN(C(=O)c1ccc(S(=O)(=O)N2CCC(C)CC2)cc1)c1nc2cc(C)c(C)cc2s1. The summed E-state index contributed by atoms with van der Waals surface area (Å²) in [4.78, 5) is 22.8. The van der Waals surface area contributed by atoms with Crippen LogP contribution in [0.4, 0.5) is 5.13 Å². The van der Waals surface area contributed by atoms with Crippen LogP contribution in [0.15, 0.2) is 41.3 Å². The molecule has 0 N–H and O–H groups in total. The van der Waals surface area contributed by atoms with Gasteiger partial charge in [0.2, 0.25) is 10.0 Å². The van der Waals surface area contributed by atoms with Crippen molar-refractivity contribution in [3.63, 3.8) is 0 Å². The predicted octanol–water partition coefficient (Wildman–Crippen LogP) is 5.32. The summed E-state index contributed by atoms with van der Waals surface area (Å²) >= 11 is 1.52. The minimum absolute atomic E-state index is 0.171. The molecule has 2 heterocycles. The van der Waals surface area contributed by atoms with E-state index in [1.807, 2.05) is 0 Å². The average Bonchev–Trinajstić information content (AvgIpc) is 3.29. The molecule has 4 rings (SSSR count). The molecule has 1 fully saturated rings. The van der Waals surface area contributed by atoms with Crippen molar-refractivity contribution >= 4 is 42.6 Å². The molecule has 1 amide bonds. The third kappa shape index (κ3) is 6.06. The lowest BCUT2D eigenvalue weighted by molar-refractivity contribution is 0.0983. The summed E-state index contributed by atoms with van der Waals surface area (Å²) in [5, 5.41) is 0.663. The van der Waals surface area contributed by atoms with E-state index in [4.69, 9.17) is 4.98 Å². The van der Waals surface area contributed by atoms with Gasteiger partial charge in [-0.15, -0.1) is 0 Å². The van der Waals surface area contributed by atoms with Crippen LogP contribution in [-0.4, -0.2) is 67.8 Å². The minimum atomic E-state index is -3.56. The monoisotopic (exact) mass is 542 g/mol. The number of hydrogen-bond donors (Lipinski definition) is 0. The van der Waals surface area contributed by atoms with E-state index in [2.05, 4.69) is 51.7 Å². The van der Waals surface area contributed by atoms with E-state index in [0.29, 0.717) is 36.2 Å². The van der Waals surface area contributed by atoms with Gasteiger partial charge in [-0.3, -0.25) is 9.69 Å². The maximum absolute atomic E-state index is 13.8. The van der Waals surface area contributed by atoms with Gasteiger partial charge in [0.15, 0.2) is 5.13 Å². The third-order valence-electron chi connectivity index (χ3n) is 7.48. The number of aryl methyl sites for hydroxylation is 2. The molecular weight excluding hydrogens is 504 g/mol. The standard InChI is InChI=1S/C28H38N4O3S2/c1-6-30(7-2)16-17-32(28-29-25-18-21(4)22(5)19-26(25)36-28)27(33)23-8-10-24(11-9-23)37(34,35)31-14-12-20(3)13-15-31/h8-11,18-20H,6-7,12-17H2,1-5H3. The Balaban J connectivity index is 1.61. The summed E-state index contributed by atoms with van der Waals surface area (Å²) in [5.41, 5.74) is 3.72. The summed E-state index contributed by atoms with van der Waals surface area (Å²) in [7, 11) is -3.56. The van der Waals surface area contributed by atoms with Gasteiger partial charge in [0.05, 0.1) is 15.1 Å². The van der Waals surface area contributed by atoms with Crippen molar-refractivity contribution in [1.82, 2.24) is 14.2 Å². The Labute approximate surface area is 225 Å². The van der Waals surface area contributed by atoms with Gasteiger partial charge in [0.25, 0.3) is 5.91 Å². The Hall–Kier alpha value is -2.33. The van der Waals surface area contributed by atoms with Crippen LogP contribution in [0.1, 0.15) is 55.1 Å². The van der Waals surface area contributed by atoms with Gasteiger partial charge < -0.3 is 4.90 Å². The largest absolute Gasteiger partial charge is 0.302 e. The van der Waals surface area contributed by atoms with Crippen LogP contribution < -0.4 is 4.90 Å². The van der Waals surface area contributed by atoms with Crippen molar-refractivity contribution in [2.75, 3.05) is 44.2 Å². The first kappa shape index (κ1) is 27.7. The van der Waals surface area contributed by atoms with Crippen LogP contribution >= 0.6 is 11.3 Å². The Kier molecular flexibility index (Phi) is 8.68. The molecule has 1 aliphatic heterocycles. The lowest BCUT2D eigenvalue weighted by atomic mass is 10.0. The van der Waals surface area contributed by atoms with Gasteiger partial charge in [0, 0.05) is 31.7 Å². The van der Waals surface area contributed by atoms with Crippen LogP contribution in [0.3, 0.4) is 0 Å². The molecule has 0 radical (unpaired) electrons. The number of carbonyl (C=O) groups excluding carboxylic acids is 1. The van der Waals surface area contributed by atoms with Crippen LogP contribution in [0.2, 0.25) is 0 Å². The summed E-state index contributed by atoms with van der Waals surface area (Å²) in [6.07, 6.45) is 1.75. The van der Waals surface area contributed by atoms with Gasteiger partial charge in [-0.25, -0.2) is 13.4 Å². The molecule has 1 aliphatic rings. The van der Waals surface area contributed by atoms with E-state index in [-0.39, 0.29) is 10.8 Å². The number of thiazole rings is 1. The van der Waals surface area contributed by atoms with Crippen LogP contribution in [0, 0.1) is 19.8 Å². The second-order valence-electron chi connectivity index (χ2n) is 10.00. The van der Waals surface area contributed by atoms with Gasteiger partial charge in [0.1, 0.15) is 0 Å². The topological polar surface area (TPSA) is 73.8 Å². The fraction of sp³-hybridized carbons (Fsp3) is 0.500. The third-order valence-corrected chi connectivity index (χ3v) is 10.4. The second kappa shape index (κ2) is 11.6. The average molecular weight is 543 g/mol. The maximum Gasteiger partial charge on any atom is 0.260 e. The highest BCUT2D eigenvalue weighted by atomic mass is 32.2. The molecule has 9 heteroatoms. The summed E-state index contributed by atoms with van der Waals surface area (Å²) < 4.78 is 28.9. The Bertz CT molecular complexity index is 1300. The first-order valence-corrected chi connectivity index (χ1v) is 15.4. The highest BCUT2D eigenvalue weighted by molar-refractivity contribution is 7.89. The minimum Gasteiger partial charge on any atom is -0.302 e. The molecule has 200 valence electrons. The summed E-state index contributed by atoms with van der Waals surface area (Å²) in [6, 6.07) is 10.6. The molecule has 7 nitrogen and oxygen atoms in total. The number of likely N-dealkylation sites (N-methyl/N-ethyl adjacent to an activating group) is 1. The molecule has 0 atom stereocenters. The van der Waals surface area contributed by atoms with Crippen molar-refractivity contribution in [2.45, 2.75) is 52.4 Å². The van der Waals surface area contributed by atoms with Gasteiger partial charge in [-0.2, -0.15) is 4.31 Å². The molecule has 0 spiro atoms. The molecule has 0 saturated carbocycles. The zero-order chi connectivity index (χ0) is 26.7. The first-order chi connectivity index (χ1) is 17.6. The molecule has 0 unspecified atom stereocenters. The van der Waals surface area contributed by atoms with Crippen LogP contribution in [-0.2, 0) is 10.0 Å². The van der Waals surface area contributed by atoms with E-state index < -0.39 is 10.0 Å². The number of sulfonamides is 1. The number of anilines is 1. The quantitative estimate of drug-likeness (QED) is 0.366. The van der Waals surface area contributed by atoms with Crippen molar-refractivity contribution < 1.29 is 13.2 Å². The number of nitrogens with zero attached hydrogens (tertiary/aromatic N) is 4. The summed E-state index contributed by atoms with van der Waals surface area (Å²) in [6.45, 7) is 14.6. The fourth-order valence-corrected chi connectivity index (χ4v) is 7.19. The first-order valence-electron chi connectivity index (χ1n) is 13.2. The number of hydrogen-bond acceptors (Lipinski definition) is 6. The van der Waals surface area contributed by atoms with Gasteiger partial charge >= 0.3 is 0 Å². The van der Waals surface area contributed by atoms with Gasteiger partial charge in [-0.05, 0) is 93.2 Å². The number of carbonyl (C=O) groups is 1. The highest BCUT2D eigenvalue weighted by Gasteiger charge is 2.29. The second-order valence-corrected chi connectivity index (χ2v) is 12.9. The van der Waals surface area contributed by atoms with E-state index in [0.717, 1.165) is 42.7 Å². The molecule has 0 aliphatic carbocycles. The molecule has 0 bridgehead atoms. The normalized spacial score (nSPS) is 15.5. The predicted molar refractivity (Wildman–Crippen MR) is 152 cm³/mol. The molecule has 3 aromatic rings. The van der Waals surface area contributed by atoms with Crippen molar-refractivity contribution in [2.24, 2.45) is 5.92 Å². The molecule has 1 aromatic heterocycles. The Morgan fingerprint density at radius 1 is 1.03 bits per heavy atom. The number of amides is 1.